The zero-order valence-corrected chi connectivity index (χ0v) is 16.9. The fourth-order valence-corrected chi connectivity index (χ4v) is 4.17. The number of aryl methyl sites for hydroxylation is 1. The Hall–Kier alpha value is -2.77. The number of hydrazone groups is 1. The van der Waals surface area contributed by atoms with Crippen LogP contribution < -0.4 is 11.1 Å². The normalized spacial score (nSPS) is 13.5. The SMILES string of the molecule is CCc1ccc(-n2ncc(C3=NNNN3CC)c2SCc2ccccc2)cc1. The van der Waals surface area contributed by atoms with E-state index in [-0.39, 0.29) is 0 Å². The van der Waals surface area contributed by atoms with Crippen LogP contribution in [0.2, 0.25) is 0 Å². The summed E-state index contributed by atoms with van der Waals surface area (Å²) >= 11 is 1.78. The van der Waals surface area contributed by atoms with Crippen molar-refractivity contribution in [1.82, 2.24) is 25.9 Å². The summed E-state index contributed by atoms with van der Waals surface area (Å²) in [6.07, 6.45) is 2.93. The molecule has 0 fully saturated rings. The average Bonchev–Trinajstić information content (AvgIpc) is 3.39. The zero-order chi connectivity index (χ0) is 19.3. The van der Waals surface area contributed by atoms with Crippen LogP contribution in [-0.4, -0.2) is 27.2 Å². The van der Waals surface area contributed by atoms with Gasteiger partial charge in [0.2, 0.25) is 0 Å². The van der Waals surface area contributed by atoms with Crippen LogP contribution in [0.25, 0.3) is 5.69 Å². The van der Waals surface area contributed by atoms with Crippen LogP contribution in [-0.2, 0) is 12.2 Å². The van der Waals surface area contributed by atoms with Gasteiger partial charge in [-0.2, -0.15) is 5.10 Å². The third-order valence-corrected chi connectivity index (χ3v) is 5.84. The first-order valence-electron chi connectivity index (χ1n) is 9.50. The number of hydrogen-bond acceptors (Lipinski definition) is 6. The van der Waals surface area contributed by atoms with E-state index in [4.69, 9.17) is 5.10 Å². The van der Waals surface area contributed by atoms with Crippen molar-refractivity contribution in [3.63, 3.8) is 0 Å². The molecule has 2 heterocycles. The first-order chi connectivity index (χ1) is 13.8. The summed E-state index contributed by atoms with van der Waals surface area (Å²) in [6.45, 7) is 5.05. The number of hydrazine groups is 2. The molecule has 0 saturated carbocycles. The van der Waals surface area contributed by atoms with Crippen molar-refractivity contribution in [2.75, 3.05) is 6.54 Å². The molecule has 6 nitrogen and oxygen atoms in total. The topological polar surface area (TPSA) is 57.5 Å². The molecule has 28 heavy (non-hydrogen) atoms. The lowest BCUT2D eigenvalue weighted by Crippen LogP contribution is -2.40. The molecule has 144 valence electrons. The zero-order valence-electron chi connectivity index (χ0n) is 16.1. The first kappa shape index (κ1) is 18.6. The van der Waals surface area contributed by atoms with Crippen molar-refractivity contribution in [1.29, 1.82) is 0 Å². The van der Waals surface area contributed by atoms with Gasteiger partial charge >= 0.3 is 0 Å². The number of amidine groups is 1. The van der Waals surface area contributed by atoms with E-state index in [1.165, 1.54) is 11.1 Å². The molecule has 1 aliphatic rings. The van der Waals surface area contributed by atoms with Gasteiger partial charge in [0.1, 0.15) is 5.03 Å². The van der Waals surface area contributed by atoms with Gasteiger partial charge in [0, 0.05) is 12.3 Å². The summed E-state index contributed by atoms with van der Waals surface area (Å²) in [7, 11) is 0. The summed E-state index contributed by atoms with van der Waals surface area (Å²) < 4.78 is 2.01. The van der Waals surface area contributed by atoms with Crippen LogP contribution in [0.1, 0.15) is 30.5 Å². The Morgan fingerprint density at radius 3 is 2.46 bits per heavy atom. The maximum absolute atomic E-state index is 4.70. The summed E-state index contributed by atoms with van der Waals surface area (Å²) in [5.74, 6) is 1.72. The third kappa shape index (κ3) is 3.76. The Bertz CT molecular complexity index is 949. The van der Waals surface area contributed by atoms with Crippen LogP contribution >= 0.6 is 11.8 Å². The molecule has 0 atom stereocenters. The summed E-state index contributed by atoms with van der Waals surface area (Å²) in [5.41, 5.74) is 10.6. The molecule has 1 aliphatic heterocycles. The first-order valence-corrected chi connectivity index (χ1v) is 10.5. The number of thioether (sulfide) groups is 1. The van der Waals surface area contributed by atoms with E-state index in [0.29, 0.717) is 0 Å². The second kappa shape index (κ2) is 8.50. The average molecular weight is 393 g/mol. The van der Waals surface area contributed by atoms with Gasteiger partial charge in [-0.3, -0.25) is 5.01 Å². The Kier molecular flexibility index (Phi) is 5.64. The summed E-state index contributed by atoms with van der Waals surface area (Å²) in [6, 6.07) is 19.1. The van der Waals surface area contributed by atoms with Gasteiger partial charge in [0.25, 0.3) is 0 Å². The van der Waals surface area contributed by atoms with E-state index in [1.54, 1.807) is 11.8 Å². The third-order valence-electron chi connectivity index (χ3n) is 4.69. The summed E-state index contributed by atoms with van der Waals surface area (Å²) in [5, 5.41) is 12.2. The Morgan fingerprint density at radius 2 is 1.75 bits per heavy atom. The quantitative estimate of drug-likeness (QED) is 0.600. The standard InChI is InChI=1S/C21H24N6S/c1-3-16-10-12-18(13-11-16)27-21(28-15-17-8-6-5-7-9-17)19(14-22-27)20-23-24-25-26(20)4-2/h5-14,24-25H,3-4,15H2,1-2H3. The molecule has 0 unspecified atom stereocenters. The highest BCUT2D eigenvalue weighted by molar-refractivity contribution is 7.98. The molecular weight excluding hydrogens is 368 g/mol. The van der Waals surface area contributed by atoms with Gasteiger partial charge in [0.05, 0.1) is 17.4 Å². The van der Waals surface area contributed by atoms with E-state index in [1.807, 2.05) is 22.0 Å². The van der Waals surface area contributed by atoms with Crippen LogP contribution in [0.4, 0.5) is 0 Å². The van der Waals surface area contributed by atoms with E-state index in [2.05, 4.69) is 78.5 Å². The Labute approximate surface area is 169 Å². The lowest BCUT2D eigenvalue weighted by atomic mass is 10.1. The minimum Gasteiger partial charge on any atom is -0.271 e. The molecule has 4 rings (SSSR count). The minimum atomic E-state index is 0.797. The summed E-state index contributed by atoms with van der Waals surface area (Å²) in [4.78, 5) is 0. The Morgan fingerprint density at radius 1 is 0.964 bits per heavy atom. The molecule has 1 aromatic heterocycles. The van der Waals surface area contributed by atoms with Crippen molar-refractivity contribution in [2.24, 2.45) is 5.10 Å². The van der Waals surface area contributed by atoms with Crippen molar-refractivity contribution in [3.05, 3.63) is 77.5 Å². The fraction of sp³-hybridized carbons (Fsp3) is 0.238. The number of rotatable bonds is 7. The van der Waals surface area contributed by atoms with Gasteiger partial charge < -0.3 is 0 Å². The second-order valence-corrected chi connectivity index (χ2v) is 7.44. The number of aromatic nitrogens is 2. The number of nitrogens with zero attached hydrogens (tertiary/aromatic N) is 4. The lowest BCUT2D eigenvalue weighted by molar-refractivity contribution is 0.308. The van der Waals surface area contributed by atoms with Gasteiger partial charge in [0.15, 0.2) is 5.84 Å². The maximum Gasteiger partial charge on any atom is 0.177 e. The number of hydrogen-bond donors (Lipinski definition) is 2. The van der Waals surface area contributed by atoms with Crippen LogP contribution in [0, 0.1) is 0 Å². The van der Waals surface area contributed by atoms with Crippen LogP contribution in [0.3, 0.4) is 0 Å². The van der Waals surface area contributed by atoms with E-state index in [0.717, 1.165) is 40.8 Å². The molecule has 7 heteroatoms. The minimum absolute atomic E-state index is 0.797. The molecule has 0 radical (unpaired) electrons. The Balaban J connectivity index is 1.71. The van der Waals surface area contributed by atoms with Gasteiger partial charge in [-0.05, 0) is 36.6 Å². The van der Waals surface area contributed by atoms with Crippen molar-refractivity contribution in [3.8, 4) is 5.69 Å². The molecule has 0 aliphatic carbocycles. The number of benzene rings is 2. The fourth-order valence-electron chi connectivity index (χ4n) is 3.10. The highest BCUT2D eigenvalue weighted by Gasteiger charge is 2.24. The monoisotopic (exact) mass is 392 g/mol. The second-order valence-electron chi connectivity index (χ2n) is 6.47. The van der Waals surface area contributed by atoms with Crippen LogP contribution in [0.5, 0.6) is 0 Å². The molecule has 0 amide bonds. The molecule has 2 aromatic carbocycles. The smallest absolute Gasteiger partial charge is 0.177 e. The molecule has 2 N–H and O–H groups in total. The van der Waals surface area contributed by atoms with Gasteiger partial charge in [-0.15, -0.1) is 22.4 Å². The van der Waals surface area contributed by atoms with E-state index in [9.17, 15) is 0 Å². The van der Waals surface area contributed by atoms with Gasteiger partial charge in [-0.1, -0.05) is 49.4 Å². The molecule has 0 saturated heterocycles. The van der Waals surface area contributed by atoms with Crippen molar-refractivity contribution < 1.29 is 0 Å². The highest BCUT2D eigenvalue weighted by Crippen LogP contribution is 2.30. The van der Waals surface area contributed by atoms with E-state index < -0.39 is 0 Å². The molecule has 0 bridgehead atoms. The van der Waals surface area contributed by atoms with E-state index >= 15 is 0 Å². The lowest BCUT2D eigenvalue weighted by Gasteiger charge is -2.17. The molecule has 3 aromatic rings. The van der Waals surface area contributed by atoms with Crippen molar-refractivity contribution >= 4 is 17.6 Å². The molecular formula is C21H24N6S. The predicted octanol–water partition coefficient (Wildman–Crippen LogP) is 3.73. The largest absolute Gasteiger partial charge is 0.271 e. The molecule has 0 spiro atoms. The van der Waals surface area contributed by atoms with Crippen molar-refractivity contribution in [2.45, 2.75) is 31.0 Å². The van der Waals surface area contributed by atoms with Crippen LogP contribution in [0.15, 0.2) is 70.9 Å². The maximum atomic E-state index is 4.70. The predicted molar refractivity (Wildman–Crippen MR) is 114 cm³/mol. The highest BCUT2D eigenvalue weighted by atomic mass is 32.2. The number of nitrogens with one attached hydrogen (secondary N) is 2. The van der Waals surface area contributed by atoms with Gasteiger partial charge in [-0.25, -0.2) is 10.2 Å².